The lowest BCUT2D eigenvalue weighted by atomic mass is 10.1. The fourth-order valence-electron chi connectivity index (χ4n) is 4.04. The molecule has 0 aliphatic rings. The van der Waals surface area contributed by atoms with Gasteiger partial charge in [0.1, 0.15) is 10.7 Å². The third kappa shape index (κ3) is 7.40. The number of carbonyl (C=O) groups excluding carboxylic acids is 1. The summed E-state index contributed by atoms with van der Waals surface area (Å²) < 4.78 is 81.2. The number of ether oxygens (including phenoxy) is 1. The van der Waals surface area contributed by atoms with Crippen molar-refractivity contribution < 1.29 is 39.7 Å². The number of hydrogen-bond donors (Lipinski definition) is 1. The second kappa shape index (κ2) is 12.0. The Kier molecular flexibility index (Phi) is 8.62. The van der Waals surface area contributed by atoms with Crippen molar-refractivity contribution in [1.29, 1.82) is 0 Å². The molecule has 0 fully saturated rings. The molecule has 0 saturated carbocycles. The maximum atomic E-state index is 13.3. The van der Waals surface area contributed by atoms with E-state index in [0.717, 1.165) is 29.3 Å². The van der Waals surface area contributed by atoms with E-state index in [1.165, 1.54) is 30.4 Å². The van der Waals surface area contributed by atoms with E-state index in [1.807, 2.05) is 26.0 Å². The first kappa shape index (κ1) is 29.5. The molecule has 1 heterocycles. The number of rotatable bonds is 9. The van der Waals surface area contributed by atoms with Crippen LogP contribution in [0.15, 0.2) is 88.4 Å². The van der Waals surface area contributed by atoms with Crippen molar-refractivity contribution in [2.75, 3.05) is 12.4 Å². The minimum absolute atomic E-state index is 0.00139. The molecule has 0 bridgehead atoms. The number of nitrogens with one attached hydrogen (secondary N) is 1. The Hall–Kier alpha value is -4.45. The Morgan fingerprint density at radius 2 is 1.73 bits per heavy atom. The van der Waals surface area contributed by atoms with Gasteiger partial charge in [-0.3, -0.25) is 0 Å². The number of furan rings is 1. The highest BCUT2D eigenvalue weighted by molar-refractivity contribution is 7.87. The topological polar surface area (TPSA) is 98.1 Å². The normalized spacial score (nSPS) is 11.7. The SMILES string of the molecule is COc1ccc(CN(Cc2ccco2)C(=O)Nc2ccc(C)cc2C)cc1OS(=O)(=O)c1cccc(C(F)(F)F)c1. The standard InChI is InChI=1S/C29H27F3N2O6S/c1-19-9-11-25(20(2)14-19)33-28(35)34(18-23-7-5-13-39-23)17-21-10-12-26(38-3)27(15-21)40-41(36,37)24-8-4-6-22(16-24)29(30,31)32/h4-16H,17-18H2,1-3H3,(H,33,35). The van der Waals surface area contributed by atoms with Crippen LogP contribution in [-0.4, -0.2) is 26.5 Å². The molecule has 0 atom stereocenters. The molecule has 41 heavy (non-hydrogen) atoms. The van der Waals surface area contributed by atoms with Crippen LogP contribution in [0, 0.1) is 13.8 Å². The summed E-state index contributed by atoms with van der Waals surface area (Å²) in [6.45, 7) is 3.91. The van der Waals surface area contributed by atoms with Crippen LogP contribution in [-0.2, 0) is 29.4 Å². The highest BCUT2D eigenvalue weighted by Crippen LogP contribution is 2.34. The van der Waals surface area contributed by atoms with Crippen molar-refractivity contribution >= 4 is 21.8 Å². The number of hydrogen-bond acceptors (Lipinski definition) is 6. The molecule has 0 saturated heterocycles. The largest absolute Gasteiger partial charge is 0.493 e. The van der Waals surface area contributed by atoms with Crippen molar-refractivity contribution in [3.63, 3.8) is 0 Å². The van der Waals surface area contributed by atoms with Crippen molar-refractivity contribution in [2.45, 2.75) is 38.0 Å². The van der Waals surface area contributed by atoms with Gasteiger partial charge in [-0.15, -0.1) is 0 Å². The van der Waals surface area contributed by atoms with Crippen molar-refractivity contribution in [3.05, 3.63) is 107 Å². The molecule has 8 nitrogen and oxygen atoms in total. The molecular weight excluding hydrogens is 561 g/mol. The van der Waals surface area contributed by atoms with Gasteiger partial charge < -0.3 is 23.6 Å². The van der Waals surface area contributed by atoms with E-state index in [9.17, 15) is 26.4 Å². The number of urea groups is 1. The summed E-state index contributed by atoms with van der Waals surface area (Å²) in [4.78, 5) is 14.1. The van der Waals surface area contributed by atoms with E-state index in [4.69, 9.17) is 13.3 Å². The van der Waals surface area contributed by atoms with Crippen LogP contribution >= 0.6 is 0 Å². The minimum Gasteiger partial charge on any atom is -0.493 e. The number of carbonyl (C=O) groups is 1. The Morgan fingerprint density at radius 1 is 0.951 bits per heavy atom. The smallest absolute Gasteiger partial charge is 0.416 e. The van der Waals surface area contributed by atoms with Gasteiger partial charge in [0.05, 0.1) is 25.5 Å². The third-order valence-corrected chi connectivity index (χ3v) is 7.32. The van der Waals surface area contributed by atoms with E-state index in [2.05, 4.69) is 5.32 Å². The number of halogens is 3. The van der Waals surface area contributed by atoms with Crippen molar-refractivity contribution in [2.24, 2.45) is 0 Å². The molecule has 4 rings (SSSR count). The number of amides is 2. The van der Waals surface area contributed by atoms with E-state index >= 15 is 0 Å². The predicted molar refractivity (Wildman–Crippen MR) is 145 cm³/mol. The van der Waals surface area contributed by atoms with E-state index in [0.29, 0.717) is 23.1 Å². The molecule has 0 spiro atoms. The zero-order valence-corrected chi connectivity index (χ0v) is 23.2. The van der Waals surface area contributed by atoms with Gasteiger partial charge in [0.15, 0.2) is 11.5 Å². The maximum Gasteiger partial charge on any atom is 0.416 e. The summed E-state index contributed by atoms with van der Waals surface area (Å²) in [5.41, 5.74) is 1.86. The number of nitrogens with zero attached hydrogens (tertiary/aromatic N) is 1. The van der Waals surface area contributed by atoms with Crippen LogP contribution in [0.2, 0.25) is 0 Å². The summed E-state index contributed by atoms with van der Waals surface area (Å²) >= 11 is 0. The monoisotopic (exact) mass is 588 g/mol. The molecule has 1 N–H and O–H groups in total. The van der Waals surface area contributed by atoms with Crippen LogP contribution in [0.4, 0.5) is 23.7 Å². The molecule has 1 aromatic heterocycles. The zero-order valence-electron chi connectivity index (χ0n) is 22.4. The first-order chi connectivity index (χ1) is 19.4. The van der Waals surface area contributed by atoms with Crippen LogP contribution in [0.3, 0.4) is 0 Å². The summed E-state index contributed by atoms with van der Waals surface area (Å²) in [5, 5.41) is 2.89. The quantitative estimate of drug-likeness (QED) is 0.213. The first-order valence-corrected chi connectivity index (χ1v) is 13.7. The Balaban J connectivity index is 1.62. The first-order valence-electron chi connectivity index (χ1n) is 12.3. The average Bonchev–Trinajstić information content (AvgIpc) is 3.43. The molecule has 0 aliphatic heterocycles. The minimum atomic E-state index is -4.74. The summed E-state index contributed by atoms with van der Waals surface area (Å²) in [5.74, 6) is 0.287. The maximum absolute atomic E-state index is 13.3. The number of benzene rings is 3. The van der Waals surface area contributed by atoms with Gasteiger partial charge in [0, 0.05) is 12.2 Å². The van der Waals surface area contributed by atoms with E-state index < -0.39 is 32.8 Å². The fraction of sp³-hybridized carbons (Fsp3) is 0.207. The molecule has 12 heteroatoms. The second-order valence-corrected chi connectivity index (χ2v) is 10.8. The second-order valence-electron chi connectivity index (χ2n) is 9.23. The van der Waals surface area contributed by atoms with E-state index in [-0.39, 0.29) is 24.6 Å². The van der Waals surface area contributed by atoms with Gasteiger partial charge in [-0.2, -0.15) is 21.6 Å². The Labute approximate surface area is 235 Å². The van der Waals surface area contributed by atoms with Crippen LogP contribution < -0.4 is 14.2 Å². The Morgan fingerprint density at radius 3 is 2.39 bits per heavy atom. The summed E-state index contributed by atoms with van der Waals surface area (Å²) in [6.07, 6.45) is -3.26. The number of methoxy groups -OCH3 is 1. The van der Waals surface area contributed by atoms with Crippen LogP contribution in [0.25, 0.3) is 0 Å². The van der Waals surface area contributed by atoms with Crippen molar-refractivity contribution in [3.8, 4) is 11.5 Å². The van der Waals surface area contributed by atoms with Gasteiger partial charge in [-0.1, -0.05) is 29.8 Å². The fourth-order valence-corrected chi connectivity index (χ4v) is 5.02. The highest BCUT2D eigenvalue weighted by Gasteiger charge is 2.32. The molecule has 216 valence electrons. The molecule has 4 aromatic rings. The lowest BCUT2D eigenvalue weighted by molar-refractivity contribution is -0.137. The third-order valence-electron chi connectivity index (χ3n) is 6.09. The molecule has 0 aliphatic carbocycles. The predicted octanol–water partition coefficient (Wildman–Crippen LogP) is 6.93. The molecule has 3 aromatic carbocycles. The molecular formula is C29H27F3N2O6S. The van der Waals surface area contributed by atoms with Crippen molar-refractivity contribution in [1.82, 2.24) is 4.90 Å². The van der Waals surface area contributed by atoms with Gasteiger partial charge in [-0.05, 0) is 73.5 Å². The summed E-state index contributed by atoms with van der Waals surface area (Å²) in [7, 11) is -3.38. The average molecular weight is 589 g/mol. The number of alkyl halides is 3. The van der Waals surface area contributed by atoms with Gasteiger partial charge in [0.2, 0.25) is 0 Å². The zero-order chi connectivity index (χ0) is 29.8. The highest BCUT2D eigenvalue weighted by atomic mass is 32.2. The lowest BCUT2D eigenvalue weighted by Gasteiger charge is -2.23. The Bertz CT molecular complexity index is 1640. The van der Waals surface area contributed by atoms with Crippen LogP contribution in [0.1, 0.15) is 28.0 Å². The molecule has 0 unspecified atom stereocenters. The van der Waals surface area contributed by atoms with Gasteiger partial charge in [-0.25, -0.2) is 4.79 Å². The number of aryl methyl sites for hydroxylation is 2. The number of anilines is 1. The van der Waals surface area contributed by atoms with Gasteiger partial charge >= 0.3 is 22.3 Å². The van der Waals surface area contributed by atoms with Crippen LogP contribution in [0.5, 0.6) is 11.5 Å². The lowest BCUT2D eigenvalue weighted by Crippen LogP contribution is -2.34. The molecule has 0 radical (unpaired) electrons. The van der Waals surface area contributed by atoms with Gasteiger partial charge in [0.25, 0.3) is 0 Å². The summed E-state index contributed by atoms with van der Waals surface area (Å²) in [6, 6.07) is 16.2. The molecule has 2 amide bonds. The van der Waals surface area contributed by atoms with E-state index in [1.54, 1.807) is 24.3 Å².